The number of imide groups is 1. The van der Waals surface area contributed by atoms with Crippen LogP contribution in [0.2, 0.25) is 0 Å². The van der Waals surface area contributed by atoms with Crippen molar-refractivity contribution in [3.05, 3.63) is 32.4 Å². The van der Waals surface area contributed by atoms with Crippen LogP contribution in [0.15, 0.2) is 22.0 Å². The predicted octanol–water partition coefficient (Wildman–Crippen LogP) is 5.42. The Labute approximate surface area is 146 Å². The van der Waals surface area contributed by atoms with E-state index in [2.05, 4.69) is 22.9 Å². The lowest BCUT2D eigenvalue weighted by Crippen LogP contribution is -2.30. The second-order valence-electron chi connectivity index (χ2n) is 5.28. The highest BCUT2D eigenvalue weighted by atomic mass is 79.9. The van der Waals surface area contributed by atoms with Gasteiger partial charge in [-0.1, -0.05) is 26.2 Å². The van der Waals surface area contributed by atoms with Crippen LogP contribution in [-0.4, -0.2) is 23.3 Å². The van der Waals surface area contributed by atoms with Gasteiger partial charge >= 0.3 is 0 Å². The number of carbonyl (C=O) groups is 2. The smallest absolute Gasteiger partial charge is 0.271 e. The lowest BCUT2D eigenvalue weighted by atomic mass is 10.2. The van der Waals surface area contributed by atoms with Crippen LogP contribution >= 0.6 is 38.6 Å². The number of hydrogen-bond acceptors (Lipinski definition) is 4. The minimum absolute atomic E-state index is 0.122. The standard InChI is InChI=1S/C16H16BrNO2S2/c1-2-3-4-5-8-18-15(19)10-9-12(22-14(10)16(18)20)11-6-7-13(17)21-11/h6-7,9H,2-5,8H2,1H3. The first-order valence-corrected chi connectivity index (χ1v) is 9.80. The summed E-state index contributed by atoms with van der Waals surface area (Å²) in [7, 11) is 0. The number of amides is 2. The zero-order valence-electron chi connectivity index (χ0n) is 12.2. The molecule has 116 valence electrons. The number of carbonyl (C=O) groups excluding carboxylic acids is 2. The Morgan fingerprint density at radius 3 is 2.50 bits per heavy atom. The van der Waals surface area contributed by atoms with E-state index in [-0.39, 0.29) is 11.8 Å². The molecule has 6 heteroatoms. The molecule has 0 bridgehead atoms. The van der Waals surface area contributed by atoms with Gasteiger partial charge in [0.05, 0.1) is 9.35 Å². The number of nitrogens with zero attached hydrogens (tertiary/aromatic N) is 1. The zero-order valence-corrected chi connectivity index (χ0v) is 15.4. The number of halogens is 1. The Morgan fingerprint density at radius 1 is 1.05 bits per heavy atom. The molecule has 0 spiro atoms. The van der Waals surface area contributed by atoms with Crippen molar-refractivity contribution in [1.29, 1.82) is 0 Å². The van der Waals surface area contributed by atoms with Gasteiger partial charge in [0, 0.05) is 16.3 Å². The summed E-state index contributed by atoms with van der Waals surface area (Å²) in [5, 5.41) is 0. The SMILES string of the molecule is CCCCCCN1C(=O)c2cc(-c3ccc(Br)s3)sc2C1=O. The van der Waals surface area contributed by atoms with E-state index >= 15 is 0 Å². The summed E-state index contributed by atoms with van der Waals surface area (Å²) in [5.74, 6) is -0.252. The number of unbranched alkanes of at least 4 members (excludes halogenated alkanes) is 3. The normalized spacial score (nSPS) is 14.0. The molecule has 0 atom stereocenters. The van der Waals surface area contributed by atoms with Crippen LogP contribution in [0.4, 0.5) is 0 Å². The first-order valence-electron chi connectivity index (χ1n) is 7.37. The number of hydrogen-bond donors (Lipinski definition) is 0. The maximum atomic E-state index is 12.4. The fraction of sp³-hybridized carbons (Fsp3) is 0.375. The van der Waals surface area contributed by atoms with Gasteiger partial charge in [0.1, 0.15) is 4.88 Å². The summed E-state index contributed by atoms with van der Waals surface area (Å²) in [4.78, 5) is 28.9. The second kappa shape index (κ2) is 6.64. The van der Waals surface area contributed by atoms with E-state index in [0.717, 1.165) is 39.2 Å². The molecule has 3 rings (SSSR count). The first-order chi connectivity index (χ1) is 10.6. The minimum atomic E-state index is -0.130. The molecule has 2 amide bonds. The average molecular weight is 398 g/mol. The molecule has 0 aliphatic carbocycles. The molecule has 0 fully saturated rings. The van der Waals surface area contributed by atoms with Gasteiger partial charge in [-0.15, -0.1) is 22.7 Å². The maximum absolute atomic E-state index is 12.4. The Morgan fingerprint density at radius 2 is 1.86 bits per heavy atom. The molecule has 0 aromatic carbocycles. The third-order valence-corrected chi connectivity index (χ3v) is 6.64. The monoisotopic (exact) mass is 397 g/mol. The third kappa shape index (κ3) is 2.92. The highest BCUT2D eigenvalue weighted by molar-refractivity contribution is 9.11. The number of thiophene rings is 2. The van der Waals surface area contributed by atoms with Crippen LogP contribution in [0.25, 0.3) is 9.75 Å². The first kappa shape index (κ1) is 15.9. The Hall–Kier alpha value is -0.980. The van der Waals surface area contributed by atoms with E-state index in [1.54, 1.807) is 11.3 Å². The Kier molecular flexibility index (Phi) is 4.80. The molecule has 0 N–H and O–H groups in total. The largest absolute Gasteiger partial charge is 0.274 e. The van der Waals surface area contributed by atoms with Gasteiger partial charge < -0.3 is 0 Å². The summed E-state index contributed by atoms with van der Waals surface area (Å²) < 4.78 is 1.05. The van der Waals surface area contributed by atoms with Gasteiger partial charge in [-0.05, 0) is 40.5 Å². The van der Waals surface area contributed by atoms with E-state index in [4.69, 9.17) is 0 Å². The van der Waals surface area contributed by atoms with Crippen LogP contribution < -0.4 is 0 Å². The molecular formula is C16H16BrNO2S2. The van der Waals surface area contributed by atoms with Gasteiger partial charge in [-0.2, -0.15) is 0 Å². The van der Waals surface area contributed by atoms with Crippen molar-refractivity contribution in [3.8, 4) is 9.75 Å². The molecular weight excluding hydrogens is 382 g/mol. The third-order valence-electron chi connectivity index (χ3n) is 3.70. The van der Waals surface area contributed by atoms with E-state index in [0.29, 0.717) is 17.0 Å². The van der Waals surface area contributed by atoms with Crippen molar-refractivity contribution in [2.75, 3.05) is 6.54 Å². The topological polar surface area (TPSA) is 37.4 Å². The van der Waals surface area contributed by atoms with Crippen LogP contribution in [-0.2, 0) is 0 Å². The van der Waals surface area contributed by atoms with Gasteiger partial charge in [-0.3, -0.25) is 14.5 Å². The Balaban J connectivity index is 1.76. The van der Waals surface area contributed by atoms with Crippen LogP contribution in [0, 0.1) is 0 Å². The molecule has 3 nitrogen and oxygen atoms in total. The van der Waals surface area contributed by atoms with Crippen molar-refractivity contribution >= 4 is 50.4 Å². The molecule has 3 heterocycles. The lowest BCUT2D eigenvalue weighted by molar-refractivity contribution is 0.0653. The molecule has 22 heavy (non-hydrogen) atoms. The fourth-order valence-electron chi connectivity index (χ4n) is 2.54. The summed E-state index contributed by atoms with van der Waals surface area (Å²) in [6.45, 7) is 2.69. The van der Waals surface area contributed by atoms with Gasteiger partial charge in [-0.25, -0.2) is 0 Å². The van der Waals surface area contributed by atoms with Crippen LogP contribution in [0.1, 0.15) is 52.6 Å². The van der Waals surface area contributed by atoms with E-state index in [1.165, 1.54) is 16.2 Å². The summed E-state index contributed by atoms with van der Waals surface area (Å²) in [5.41, 5.74) is 0.574. The fourth-order valence-corrected chi connectivity index (χ4v) is 5.10. The second-order valence-corrected chi connectivity index (χ2v) is 8.80. The minimum Gasteiger partial charge on any atom is -0.274 e. The molecule has 0 radical (unpaired) electrons. The molecule has 0 saturated heterocycles. The number of fused-ring (bicyclic) bond motifs is 1. The van der Waals surface area contributed by atoms with Crippen molar-refractivity contribution in [1.82, 2.24) is 4.90 Å². The van der Waals surface area contributed by atoms with Gasteiger partial charge in [0.2, 0.25) is 0 Å². The molecule has 1 aliphatic heterocycles. The quantitative estimate of drug-likeness (QED) is 0.482. The van der Waals surface area contributed by atoms with E-state index < -0.39 is 0 Å². The maximum Gasteiger partial charge on any atom is 0.271 e. The zero-order chi connectivity index (χ0) is 15.7. The predicted molar refractivity (Wildman–Crippen MR) is 94.8 cm³/mol. The summed E-state index contributed by atoms with van der Waals surface area (Å²) in [6.07, 6.45) is 4.26. The highest BCUT2D eigenvalue weighted by Gasteiger charge is 2.37. The molecule has 2 aromatic heterocycles. The number of rotatable bonds is 6. The lowest BCUT2D eigenvalue weighted by Gasteiger charge is -2.13. The average Bonchev–Trinajstić information content (AvgIpc) is 3.16. The van der Waals surface area contributed by atoms with Gasteiger partial charge in [0.15, 0.2) is 0 Å². The van der Waals surface area contributed by atoms with Crippen molar-refractivity contribution in [2.24, 2.45) is 0 Å². The van der Waals surface area contributed by atoms with Crippen molar-refractivity contribution < 1.29 is 9.59 Å². The molecule has 1 aliphatic rings. The van der Waals surface area contributed by atoms with Crippen molar-refractivity contribution in [3.63, 3.8) is 0 Å². The van der Waals surface area contributed by atoms with Gasteiger partial charge in [0.25, 0.3) is 11.8 Å². The van der Waals surface area contributed by atoms with E-state index in [1.807, 2.05) is 18.2 Å². The Bertz CT molecular complexity index is 686. The molecule has 0 unspecified atom stereocenters. The van der Waals surface area contributed by atoms with Crippen molar-refractivity contribution in [2.45, 2.75) is 32.6 Å². The highest BCUT2D eigenvalue weighted by Crippen LogP contribution is 2.40. The van der Waals surface area contributed by atoms with Crippen LogP contribution in [0.5, 0.6) is 0 Å². The van der Waals surface area contributed by atoms with E-state index in [9.17, 15) is 9.59 Å². The molecule has 2 aromatic rings. The molecule has 0 saturated carbocycles. The summed E-state index contributed by atoms with van der Waals surface area (Å²) >= 11 is 6.48. The summed E-state index contributed by atoms with van der Waals surface area (Å²) in [6, 6.07) is 5.85. The van der Waals surface area contributed by atoms with Crippen LogP contribution in [0.3, 0.4) is 0 Å².